The van der Waals surface area contributed by atoms with E-state index in [0.29, 0.717) is 16.5 Å². The van der Waals surface area contributed by atoms with Crippen LogP contribution in [0.3, 0.4) is 0 Å². The number of hydrogen-bond acceptors (Lipinski definition) is 4. The third-order valence-corrected chi connectivity index (χ3v) is 3.84. The van der Waals surface area contributed by atoms with Gasteiger partial charge in [0, 0.05) is 17.3 Å². The molecule has 2 rings (SSSR count). The minimum absolute atomic E-state index is 0.162. The summed E-state index contributed by atoms with van der Waals surface area (Å²) in [6, 6.07) is 8.54. The van der Waals surface area contributed by atoms with Crippen molar-refractivity contribution in [2.45, 2.75) is 13.0 Å². The maximum atomic E-state index is 12.0. The second kappa shape index (κ2) is 7.99. The molecule has 1 heterocycles. The zero-order chi connectivity index (χ0) is 17.7. The SMILES string of the molecule is Cc1ccc(Cl)cc1NC(=O)C(=O)NCC(c1ccco1)N(C)C. The fourth-order valence-electron chi connectivity index (χ4n) is 2.20. The Balaban J connectivity index is 1.96. The van der Waals surface area contributed by atoms with Crippen molar-refractivity contribution < 1.29 is 14.0 Å². The van der Waals surface area contributed by atoms with Gasteiger partial charge in [-0.1, -0.05) is 17.7 Å². The zero-order valence-corrected chi connectivity index (χ0v) is 14.6. The highest BCUT2D eigenvalue weighted by Crippen LogP contribution is 2.20. The number of anilines is 1. The first-order chi connectivity index (χ1) is 11.4. The van der Waals surface area contributed by atoms with Crippen molar-refractivity contribution in [1.29, 1.82) is 0 Å². The van der Waals surface area contributed by atoms with Gasteiger partial charge in [-0.2, -0.15) is 0 Å². The van der Waals surface area contributed by atoms with Crippen LogP contribution in [0.2, 0.25) is 5.02 Å². The highest BCUT2D eigenvalue weighted by molar-refractivity contribution is 6.40. The monoisotopic (exact) mass is 349 g/mol. The van der Waals surface area contributed by atoms with Gasteiger partial charge >= 0.3 is 11.8 Å². The predicted molar refractivity (Wildman–Crippen MR) is 93.0 cm³/mol. The van der Waals surface area contributed by atoms with E-state index in [9.17, 15) is 9.59 Å². The number of likely N-dealkylation sites (N-methyl/N-ethyl adjacent to an activating group) is 1. The van der Waals surface area contributed by atoms with Gasteiger partial charge in [0.25, 0.3) is 0 Å². The van der Waals surface area contributed by atoms with E-state index in [-0.39, 0.29) is 12.6 Å². The molecule has 24 heavy (non-hydrogen) atoms. The van der Waals surface area contributed by atoms with Gasteiger partial charge in [0.05, 0.1) is 12.3 Å². The lowest BCUT2D eigenvalue weighted by atomic mass is 10.2. The summed E-state index contributed by atoms with van der Waals surface area (Å²) in [5.74, 6) is -0.739. The number of carbonyl (C=O) groups excluding carboxylic acids is 2. The van der Waals surface area contributed by atoms with E-state index in [4.69, 9.17) is 16.0 Å². The van der Waals surface area contributed by atoms with Gasteiger partial charge < -0.3 is 15.1 Å². The summed E-state index contributed by atoms with van der Waals surface area (Å²) in [6.45, 7) is 2.07. The normalized spacial score (nSPS) is 12.0. The molecular weight excluding hydrogens is 330 g/mol. The number of furan rings is 1. The van der Waals surface area contributed by atoms with Crippen molar-refractivity contribution in [2.75, 3.05) is 26.0 Å². The lowest BCUT2D eigenvalue weighted by Gasteiger charge is -2.22. The molecule has 1 aromatic heterocycles. The van der Waals surface area contributed by atoms with Crippen molar-refractivity contribution in [3.8, 4) is 0 Å². The smallest absolute Gasteiger partial charge is 0.313 e. The Morgan fingerprint density at radius 3 is 2.62 bits per heavy atom. The topological polar surface area (TPSA) is 74.6 Å². The summed E-state index contributed by atoms with van der Waals surface area (Å²) in [6.07, 6.45) is 1.57. The summed E-state index contributed by atoms with van der Waals surface area (Å²) < 4.78 is 5.37. The van der Waals surface area contributed by atoms with Crippen LogP contribution in [0.1, 0.15) is 17.4 Å². The molecule has 2 N–H and O–H groups in total. The Labute approximate surface area is 145 Å². The fourth-order valence-corrected chi connectivity index (χ4v) is 2.37. The molecule has 0 aliphatic heterocycles. The number of rotatable bonds is 5. The van der Waals surface area contributed by atoms with Gasteiger partial charge in [-0.15, -0.1) is 0 Å². The summed E-state index contributed by atoms with van der Waals surface area (Å²) in [5, 5.41) is 5.67. The fraction of sp³-hybridized carbons (Fsp3) is 0.294. The van der Waals surface area contributed by atoms with E-state index >= 15 is 0 Å². The van der Waals surface area contributed by atoms with Gasteiger partial charge in [0.1, 0.15) is 5.76 Å². The molecule has 0 saturated heterocycles. The lowest BCUT2D eigenvalue weighted by Crippen LogP contribution is -2.40. The quantitative estimate of drug-likeness (QED) is 0.814. The first-order valence-corrected chi connectivity index (χ1v) is 7.81. The second-order valence-electron chi connectivity index (χ2n) is 5.62. The molecule has 0 saturated carbocycles. The molecule has 1 aromatic carbocycles. The maximum absolute atomic E-state index is 12.0. The molecule has 2 amide bonds. The van der Waals surface area contributed by atoms with Crippen molar-refractivity contribution in [3.63, 3.8) is 0 Å². The number of nitrogens with one attached hydrogen (secondary N) is 2. The average molecular weight is 350 g/mol. The average Bonchev–Trinajstić information content (AvgIpc) is 3.04. The van der Waals surface area contributed by atoms with E-state index < -0.39 is 11.8 Å². The molecule has 128 valence electrons. The molecule has 2 aromatic rings. The van der Waals surface area contributed by atoms with Crippen LogP contribution >= 0.6 is 11.6 Å². The van der Waals surface area contributed by atoms with Crippen LogP contribution in [0.25, 0.3) is 0 Å². The molecule has 7 heteroatoms. The molecule has 1 atom stereocenters. The largest absolute Gasteiger partial charge is 0.468 e. The lowest BCUT2D eigenvalue weighted by molar-refractivity contribution is -0.136. The first-order valence-electron chi connectivity index (χ1n) is 7.43. The standard InChI is InChI=1S/C17H20ClN3O3/c1-11-6-7-12(18)9-13(11)20-17(23)16(22)19-10-14(21(2)3)15-5-4-8-24-15/h4-9,14H,10H2,1-3H3,(H,19,22)(H,20,23). The van der Waals surface area contributed by atoms with Gasteiger partial charge in [-0.25, -0.2) is 0 Å². The van der Waals surface area contributed by atoms with Gasteiger partial charge in [-0.3, -0.25) is 14.5 Å². The zero-order valence-electron chi connectivity index (χ0n) is 13.8. The number of benzene rings is 1. The Hall–Kier alpha value is -2.31. The molecule has 0 aliphatic rings. The summed E-state index contributed by atoms with van der Waals surface area (Å²) in [5.41, 5.74) is 1.33. The first kappa shape index (κ1) is 18.0. The van der Waals surface area contributed by atoms with E-state index in [0.717, 1.165) is 5.56 Å². The van der Waals surface area contributed by atoms with Crippen LogP contribution in [-0.2, 0) is 9.59 Å². The Bertz CT molecular complexity index is 714. The van der Waals surface area contributed by atoms with Crippen LogP contribution in [-0.4, -0.2) is 37.4 Å². The van der Waals surface area contributed by atoms with Crippen LogP contribution in [0.4, 0.5) is 5.69 Å². The van der Waals surface area contributed by atoms with Gasteiger partial charge in [0.2, 0.25) is 0 Å². The molecule has 0 aliphatic carbocycles. The Kier molecular flexibility index (Phi) is 6.00. The van der Waals surface area contributed by atoms with Crippen LogP contribution < -0.4 is 10.6 Å². The van der Waals surface area contributed by atoms with E-state index in [1.54, 1.807) is 30.5 Å². The van der Waals surface area contributed by atoms with Crippen LogP contribution in [0, 0.1) is 6.92 Å². The summed E-state index contributed by atoms with van der Waals surface area (Å²) in [7, 11) is 3.74. The number of carbonyl (C=O) groups is 2. The van der Waals surface area contributed by atoms with E-state index in [2.05, 4.69) is 10.6 Å². The van der Waals surface area contributed by atoms with E-state index in [1.165, 1.54) is 0 Å². The second-order valence-corrected chi connectivity index (χ2v) is 6.05. The van der Waals surface area contributed by atoms with Crippen molar-refractivity contribution in [2.24, 2.45) is 0 Å². The van der Waals surface area contributed by atoms with Crippen LogP contribution in [0.5, 0.6) is 0 Å². The summed E-state index contributed by atoms with van der Waals surface area (Å²) >= 11 is 5.91. The number of amides is 2. The molecule has 6 nitrogen and oxygen atoms in total. The van der Waals surface area contributed by atoms with Gasteiger partial charge in [-0.05, 0) is 50.8 Å². The highest BCUT2D eigenvalue weighted by atomic mass is 35.5. The van der Waals surface area contributed by atoms with E-state index in [1.807, 2.05) is 32.0 Å². The minimum atomic E-state index is -0.739. The number of halogens is 1. The molecule has 0 radical (unpaired) electrons. The number of nitrogens with zero attached hydrogens (tertiary/aromatic N) is 1. The van der Waals surface area contributed by atoms with Crippen molar-refractivity contribution in [3.05, 3.63) is 52.9 Å². The highest BCUT2D eigenvalue weighted by Gasteiger charge is 2.21. The third-order valence-electron chi connectivity index (χ3n) is 3.60. The number of hydrogen-bond donors (Lipinski definition) is 2. The Morgan fingerprint density at radius 2 is 2.00 bits per heavy atom. The molecular formula is C17H20ClN3O3. The minimum Gasteiger partial charge on any atom is -0.468 e. The maximum Gasteiger partial charge on any atom is 0.313 e. The molecule has 0 spiro atoms. The predicted octanol–water partition coefficient (Wildman–Crippen LogP) is 2.60. The molecule has 1 unspecified atom stereocenters. The summed E-state index contributed by atoms with van der Waals surface area (Å²) in [4.78, 5) is 26.0. The van der Waals surface area contributed by atoms with Crippen molar-refractivity contribution >= 4 is 29.1 Å². The molecule has 0 bridgehead atoms. The molecule has 0 fully saturated rings. The van der Waals surface area contributed by atoms with Crippen molar-refractivity contribution in [1.82, 2.24) is 10.2 Å². The number of aryl methyl sites for hydroxylation is 1. The third kappa shape index (κ3) is 4.59. The van der Waals surface area contributed by atoms with Crippen LogP contribution in [0.15, 0.2) is 41.0 Å². The Morgan fingerprint density at radius 1 is 1.25 bits per heavy atom. The van der Waals surface area contributed by atoms with Gasteiger partial charge in [0.15, 0.2) is 0 Å².